The van der Waals surface area contributed by atoms with E-state index in [9.17, 15) is 39.3 Å². The summed E-state index contributed by atoms with van der Waals surface area (Å²) in [4.78, 5) is 67.9. The molecule has 0 saturated carbocycles. The van der Waals surface area contributed by atoms with E-state index in [0.29, 0.717) is 18.3 Å². The summed E-state index contributed by atoms with van der Waals surface area (Å²) in [6.07, 6.45) is -8.67. The van der Waals surface area contributed by atoms with Crippen molar-refractivity contribution in [3.8, 4) is 0 Å². The fraction of sp³-hybridized carbons (Fsp3) is 0.830. The number of allylic oxidation sites excluding steroid dienone is 3. The first-order valence-corrected chi connectivity index (χ1v) is 25.9. The number of aldehydes is 1. The van der Waals surface area contributed by atoms with E-state index in [1.807, 2.05) is 26.8 Å². The highest BCUT2D eigenvalue weighted by Crippen LogP contribution is 2.39. The van der Waals surface area contributed by atoms with Gasteiger partial charge in [0.15, 0.2) is 30.8 Å². The van der Waals surface area contributed by atoms with Crippen molar-refractivity contribution >= 4 is 30.0 Å². The van der Waals surface area contributed by atoms with Gasteiger partial charge in [-0.3, -0.25) is 19.2 Å². The van der Waals surface area contributed by atoms with Gasteiger partial charge < -0.3 is 77.1 Å². The lowest BCUT2D eigenvalue weighted by molar-refractivity contribution is -0.342. The molecular weight excluding hydrogens is 955 g/mol. The van der Waals surface area contributed by atoms with E-state index >= 15 is 0 Å². The van der Waals surface area contributed by atoms with Gasteiger partial charge in [-0.25, -0.2) is 0 Å². The highest BCUT2D eigenvalue weighted by Gasteiger charge is 2.53. The number of carbonyl (C=O) groups excluding carboxylic acids is 5. The Morgan fingerprint density at radius 2 is 1.55 bits per heavy atom. The molecule has 0 aromatic rings. The number of esters is 3. The van der Waals surface area contributed by atoms with E-state index in [1.165, 1.54) is 27.2 Å². The minimum Gasteiger partial charge on any atom is -0.462 e. The minimum absolute atomic E-state index is 0.0378. The van der Waals surface area contributed by atoms with Crippen LogP contribution in [0.15, 0.2) is 23.8 Å². The average Bonchev–Trinajstić information content (AvgIpc) is 3.29. The van der Waals surface area contributed by atoms with Crippen molar-refractivity contribution in [2.75, 3.05) is 34.9 Å². The summed E-state index contributed by atoms with van der Waals surface area (Å²) in [6, 6.07) is -0.809. The molecule has 3 N–H and O–H groups in total. The quantitative estimate of drug-likeness (QED) is 0.106. The van der Waals surface area contributed by atoms with Gasteiger partial charge in [-0.15, -0.1) is 0 Å². The Labute approximate surface area is 432 Å². The number of hydrogen-bond acceptors (Lipinski definition) is 20. The molecule has 0 spiro atoms. The number of nitrogens with zero attached hydrogens (tertiary/aromatic N) is 1. The topological polar surface area (TPSA) is 251 Å². The van der Waals surface area contributed by atoms with Gasteiger partial charge in [0.2, 0.25) is 0 Å². The van der Waals surface area contributed by atoms with Crippen LogP contribution in [0.3, 0.4) is 0 Å². The van der Waals surface area contributed by atoms with Crippen LogP contribution < -0.4 is 0 Å². The van der Waals surface area contributed by atoms with Crippen LogP contribution >= 0.6 is 0 Å². The van der Waals surface area contributed by atoms with Crippen LogP contribution in [-0.2, 0) is 76.1 Å². The largest absolute Gasteiger partial charge is 0.462 e. The number of cyclic esters (lactones) is 1. The van der Waals surface area contributed by atoms with E-state index in [0.717, 1.165) is 0 Å². The first-order chi connectivity index (χ1) is 34.3. The van der Waals surface area contributed by atoms with E-state index < -0.39 is 152 Å². The number of likely N-dealkylation sites (N-methyl/N-ethyl adjacent to an activating group) is 1. The lowest BCUT2D eigenvalue weighted by Gasteiger charge is -2.50. The molecule has 0 aromatic heterocycles. The third-order valence-electron chi connectivity index (χ3n) is 14.5. The summed E-state index contributed by atoms with van der Waals surface area (Å²) in [6.45, 7) is 18.7. The number of ketones is 1. The zero-order valence-corrected chi connectivity index (χ0v) is 45.7. The van der Waals surface area contributed by atoms with Gasteiger partial charge in [-0.1, -0.05) is 52.3 Å². The zero-order chi connectivity index (χ0) is 54.6. The van der Waals surface area contributed by atoms with Crippen molar-refractivity contribution in [1.82, 2.24) is 4.90 Å². The van der Waals surface area contributed by atoms with E-state index in [4.69, 9.17) is 52.1 Å². The molecule has 0 aromatic carbocycles. The molecule has 0 unspecified atom stereocenters. The second-order valence-electron chi connectivity index (χ2n) is 21.4. The number of aliphatic hydroxyl groups is 3. The predicted octanol–water partition coefficient (Wildman–Crippen LogP) is 4.00. The summed E-state index contributed by atoms with van der Waals surface area (Å²) in [5.74, 6) is -4.87. The first-order valence-electron chi connectivity index (χ1n) is 25.9. The molecule has 20 heteroatoms. The van der Waals surface area contributed by atoms with Crippen molar-refractivity contribution in [2.24, 2.45) is 29.6 Å². The van der Waals surface area contributed by atoms with E-state index in [1.54, 1.807) is 73.5 Å². The molecule has 3 fully saturated rings. The van der Waals surface area contributed by atoms with Gasteiger partial charge in [0.25, 0.3) is 0 Å². The summed E-state index contributed by atoms with van der Waals surface area (Å²) < 4.78 is 67.2. The van der Waals surface area contributed by atoms with Crippen molar-refractivity contribution in [3.05, 3.63) is 23.8 Å². The Hall–Kier alpha value is -3.25. The predicted molar refractivity (Wildman–Crippen MR) is 263 cm³/mol. The van der Waals surface area contributed by atoms with Crippen molar-refractivity contribution in [2.45, 2.75) is 218 Å². The molecule has 4 rings (SSSR count). The maximum absolute atomic E-state index is 14.2. The Morgan fingerprint density at radius 3 is 2.12 bits per heavy atom. The molecule has 21 atom stereocenters. The second kappa shape index (κ2) is 28.2. The van der Waals surface area contributed by atoms with Gasteiger partial charge in [0.1, 0.15) is 54.6 Å². The molecule has 4 aliphatic heterocycles. The molecule has 20 nitrogen and oxygen atoms in total. The summed E-state index contributed by atoms with van der Waals surface area (Å²) in [5, 5.41) is 34.6. The Morgan fingerprint density at radius 1 is 0.890 bits per heavy atom. The fourth-order valence-corrected chi connectivity index (χ4v) is 10.6. The molecule has 73 heavy (non-hydrogen) atoms. The van der Waals surface area contributed by atoms with Gasteiger partial charge >= 0.3 is 17.9 Å². The van der Waals surface area contributed by atoms with Gasteiger partial charge in [-0.2, -0.15) is 0 Å². The highest BCUT2D eigenvalue weighted by molar-refractivity contribution is 5.91. The number of aliphatic hydroxyl groups excluding tert-OH is 2. The maximum Gasteiger partial charge on any atom is 0.309 e. The number of methoxy groups -OCH3 is 2. The van der Waals surface area contributed by atoms with Crippen LogP contribution in [0.4, 0.5) is 0 Å². The Kier molecular flexibility index (Phi) is 24.1. The summed E-state index contributed by atoms with van der Waals surface area (Å²) >= 11 is 0. The van der Waals surface area contributed by atoms with Crippen molar-refractivity contribution < 1.29 is 91.4 Å². The zero-order valence-electron chi connectivity index (χ0n) is 45.7. The standard InChI is InChI=1S/C53H87NO19/c1-16-38-36(26-65-52-49(64-15)48(63-14)44(60)31(7)67-52)22-28(4)17-18-37(57)29(5)23-35(19-20-55)46(30(6)39(69-34(10)56)24-41(59)70-38)73-51-45(61)43(54(12)13)47(32(8)68-51)72-42-25-53(11,62)50(33(9)66-42)71-40(58)21-27(2)3/h17-18,20,22,27,29-33,35-36,38-39,42-52,60-62H,16,19,21,23-26H2,1-15H3/b18-17+,28-22+/t29-,30+,31-,32-,33+,35+,36-,38-,39+,42+,43-,44-,45-,46-,47-,48-,49-,50+,51+,52-,53-/m1/s1. The molecule has 4 aliphatic rings. The number of ether oxygens (including phenoxy) is 11. The molecule has 0 bridgehead atoms. The number of rotatable bonds is 17. The lowest BCUT2D eigenvalue weighted by atomic mass is 9.79. The molecule has 0 aliphatic carbocycles. The lowest BCUT2D eigenvalue weighted by Crippen LogP contribution is -2.65. The van der Waals surface area contributed by atoms with E-state index in [-0.39, 0.29) is 44.0 Å². The van der Waals surface area contributed by atoms with Crippen LogP contribution in [-0.4, -0.2) is 189 Å². The molecule has 3 saturated heterocycles. The maximum atomic E-state index is 14.2. The minimum atomic E-state index is -1.53. The third-order valence-corrected chi connectivity index (χ3v) is 14.5. The normalized spacial score (nSPS) is 41.6. The molecule has 0 amide bonds. The Balaban J connectivity index is 1.66. The number of carbonyl (C=O) groups is 5. The van der Waals surface area contributed by atoms with Crippen LogP contribution in [0.2, 0.25) is 0 Å². The van der Waals surface area contributed by atoms with Crippen LogP contribution in [0.1, 0.15) is 115 Å². The molecule has 418 valence electrons. The third kappa shape index (κ3) is 16.9. The first kappa shape index (κ1) is 62.3. The van der Waals surface area contributed by atoms with Crippen molar-refractivity contribution in [3.63, 3.8) is 0 Å². The van der Waals surface area contributed by atoms with Gasteiger partial charge in [0, 0.05) is 58.2 Å². The van der Waals surface area contributed by atoms with E-state index in [2.05, 4.69) is 0 Å². The second-order valence-corrected chi connectivity index (χ2v) is 21.4. The average molecular weight is 1040 g/mol. The summed E-state index contributed by atoms with van der Waals surface area (Å²) in [5.41, 5.74) is -0.865. The monoisotopic (exact) mass is 1040 g/mol. The van der Waals surface area contributed by atoms with Crippen molar-refractivity contribution in [1.29, 1.82) is 0 Å². The highest BCUT2D eigenvalue weighted by atomic mass is 16.7. The van der Waals surface area contributed by atoms with Crippen LogP contribution in [0.5, 0.6) is 0 Å². The molecule has 0 radical (unpaired) electrons. The van der Waals surface area contributed by atoms with Crippen LogP contribution in [0.25, 0.3) is 0 Å². The number of hydrogen-bond donors (Lipinski definition) is 3. The molecular formula is C53H87NO19. The molecule has 4 heterocycles. The summed E-state index contributed by atoms with van der Waals surface area (Å²) in [7, 11) is 6.41. The fourth-order valence-electron chi connectivity index (χ4n) is 10.6. The van der Waals surface area contributed by atoms with Gasteiger partial charge in [-0.05, 0) is 79.5 Å². The SMILES string of the molecule is CC[C@H]1OC(=O)C[C@H](OC(C)=O)[C@H](C)[C@@H](O[C@@H]2O[C@H](C)[C@@H](O[C@H]3C[C@@](C)(O)[C@@H](OC(=O)CC(C)C)[C@H](C)O3)[C@H](N(C)C)[C@H]2O)[C@@H](CC=O)C[C@@H](C)C(=O)/C=C/C(C)=C/[C@@H]1CO[C@@H]1O[C@H](C)[C@@H](O)[C@@H](OC)[C@H]1OC. The Bertz CT molecular complexity index is 1860. The smallest absolute Gasteiger partial charge is 0.309 e. The van der Waals surface area contributed by atoms with Gasteiger partial charge in [0.05, 0.1) is 43.5 Å². The van der Waals surface area contributed by atoms with Crippen LogP contribution in [0, 0.1) is 29.6 Å².